The fourth-order valence-electron chi connectivity index (χ4n) is 2.32. The van der Waals surface area contributed by atoms with Crippen LogP contribution in [0.1, 0.15) is 37.9 Å². The monoisotopic (exact) mass is 225 g/mol. The molecule has 1 aliphatic rings. The first-order valence-electron chi connectivity index (χ1n) is 5.89. The Morgan fingerprint density at radius 2 is 2.12 bits per heavy atom. The normalized spacial score (nSPS) is 19.6. The Morgan fingerprint density at radius 1 is 1.38 bits per heavy atom. The van der Waals surface area contributed by atoms with Gasteiger partial charge in [-0.1, -0.05) is 24.4 Å². The van der Waals surface area contributed by atoms with Gasteiger partial charge >= 0.3 is 6.01 Å². The van der Waals surface area contributed by atoms with Gasteiger partial charge in [-0.05, 0) is 19.8 Å². The summed E-state index contributed by atoms with van der Waals surface area (Å²) >= 11 is 0. The van der Waals surface area contributed by atoms with E-state index in [2.05, 4.69) is 15.5 Å². The summed E-state index contributed by atoms with van der Waals surface area (Å²) in [5, 5.41) is 16.4. The molecule has 0 bridgehead atoms. The van der Waals surface area contributed by atoms with Crippen molar-refractivity contribution in [3.8, 4) is 0 Å². The van der Waals surface area contributed by atoms with Crippen LogP contribution in [0.4, 0.5) is 6.01 Å². The molecule has 2 rings (SSSR count). The SMILES string of the molecule is Cc1noc(NCC2(CO)CCCCC2)n1. The number of anilines is 1. The first-order valence-corrected chi connectivity index (χ1v) is 5.89. The number of hydrogen-bond acceptors (Lipinski definition) is 5. The van der Waals surface area contributed by atoms with Crippen LogP contribution in [0.2, 0.25) is 0 Å². The second kappa shape index (κ2) is 4.82. The molecule has 5 heteroatoms. The van der Waals surface area contributed by atoms with Crippen LogP contribution in [-0.4, -0.2) is 28.4 Å². The van der Waals surface area contributed by atoms with E-state index in [0.29, 0.717) is 18.4 Å². The highest BCUT2D eigenvalue weighted by Gasteiger charge is 2.31. The van der Waals surface area contributed by atoms with Crippen LogP contribution in [0.25, 0.3) is 0 Å². The second-order valence-electron chi connectivity index (χ2n) is 4.72. The molecule has 1 aromatic rings. The summed E-state index contributed by atoms with van der Waals surface area (Å²) in [6, 6.07) is 0.455. The molecule has 1 aromatic heterocycles. The van der Waals surface area contributed by atoms with E-state index in [9.17, 15) is 5.11 Å². The Labute approximate surface area is 95.2 Å². The van der Waals surface area contributed by atoms with Crippen LogP contribution in [0.3, 0.4) is 0 Å². The third-order valence-electron chi connectivity index (χ3n) is 3.39. The van der Waals surface area contributed by atoms with Crippen LogP contribution in [0.15, 0.2) is 4.52 Å². The largest absolute Gasteiger partial charge is 0.396 e. The molecule has 0 radical (unpaired) electrons. The second-order valence-corrected chi connectivity index (χ2v) is 4.72. The summed E-state index contributed by atoms with van der Waals surface area (Å²) in [6.45, 7) is 2.73. The van der Waals surface area contributed by atoms with Crippen molar-refractivity contribution in [3.05, 3.63) is 5.82 Å². The lowest BCUT2D eigenvalue weighted by molar-refractivity contribution is 0.0937. The molecule has 90 valence electrons. The fourth-order valence-corrected chi connectivity index (χ4v) is 2.32. The van der Waals surface area contributed by atoms with Gasteiger partial charge in [-0.2, -0.15) is 4.98 Å². The number of rotatable bonds is 4. The van der Waals surface area contributed by atoms with Crippen molar-refractivity contribution in [1.82, 2.24) is 10.1 Å². The Bertz CT molecular complexity index is 332. The van der Waals surface area contributed by atoms with Crippen molar-refractivity contribution >= 4 is 6.01 Å². The van der Waals surface area contributed by atoms with E-state index in [-0.39, 0.29) is 12.0 Å². The lowest BCUT2D eigenvalue weighted by Crippen LogP contribution is -2.35. The molecule has 1 aliphatic carbocycles. The van der Waals surface area contributed by atoms with Gasteiger partial charge in [-0.25, -0.2) is 0 Å². The number of nitrogens with one attached hydrogen (secondary N) is 1. The molecule has 0 spiro atoms. The zero-order valence-corrected chi connectivity index (χ0v) is 9.70. The van der Waals surface area contributed by atoms with Crippen LogP contribution >= 0.6 is 0 Å². The van der Waals surface area contributed by atoms with Gasteiger partial charge in [0.05, 0.1) is 6.61 Å². The van der Waals surface area contributed by atoms with E-state index in [1.165, 1.54) is 19.3 Å². The molecular formula is C11H19N3O2. The standard InChI is InChI=1S/C11H19N3O2/c1-9-13-10(16-14-9)12-7-11(8-15)5-3-2-4-6-11/h15H,2-8H2,1H3,(H,12,13,14). The van der Waals surface area contributed by atoms with Gasteiger partial charge in [0.25, 0.3) is 0 Å². The molecule has 1 fully saturated rings. The zero-order valence-electron chi connectivity index (χ0n) is 9.70. The summed E-state index contributed by atoms with van der Waals surface area (Å²) in [7, 11) is 0. The maximum absolute atomic E-state index is 9.52. The van der Waals surface area contributed by atoms with Crippen LogP contribution < -0.4 is 5.32 Å². The van der Waals surface area contributed by atoms with Gasteiger partial charge in [0, 0.05) is 12.0 Å². The van der Waals surface area contributed by atoms with Gasteiger partial charge in [0.1, 0.15) is 0 Å². The van der Waals surface area contributed by atoms with Crippen molar-refractivity contribution in [2.24, 2.45) is 5.41 Å². The Balaban J connectivity index is 1.91. The van der Waals surface area contributed by atoms with Crippen molar-refractivity contribution in [2.45, 2.75) is 39.0 Å². The van der Waals surface area contributed by atoms with Gasteiger partial charge in [0.2, 0.25) is 0 Å². The molecule has 0 atom stereocenters. The Hall–Kier alpha value is -1.10. The molecule has 0 aliphatic heterocycles. The Kier molecular flexibility index (Phi) is 3.43. The van der Waals surface area contributed by atoms with Gasteiger partial charge < -0.3 is 14.9 Å². The zero-order chi connectivity index (χ0) is 11.4. The highest BCUT2D eigenvalue weighted by atomic mass is 16.5. The van der Waals surface area contributed by atoms with E-state index in [1.54, 1.807) is 6.92 Å². The molecule has 0 aromatic carbocycles. The minimum atomic E-state index is 0.000620. The van der Waals surface area contributed by atoms with Crippen LogP contribution in [-0.2, 0) is 0 Å². The number of aryl methyl sites for hydroxylation is 1. The first kappa shape index (κ1) is 11.4. The smallest absolute Gasteiger partial charge is 0.321 e. The van der Waals surface area contributed by atoms with Crippen molar-refractivity contribution < 1.29 is 9.63 Å². The molecule has 0 amide bonds. The molecule has 0 saturated heterocycles. The summed E-state index contributed by atoms with van der Waals surface area (Å²) in [6.07, 6.45) is 5.82. The minimum absolute atomic E-state index is 0.000620. The van der Waals surface area contributed by atoms with Crippen molar-refractivity contribution in [3.63, 3.8) is 0 Å². The maximum Gasteiger partial charge on any atom is 0.321 e. The average Bonchev–Trinajstić information content (AvgIpc) is 2.74. The number of hydrogen-bond donors (Lipinski definition) is 2. The van der Waals surface area contributed by atoms with Crippen LogP contribution in [0.5, 0.6) is 0 Å². The third kappa shape index (κ3) is 2.52. The van der Waals surface area contributed by atoms with Crippen molar-refractivity contribution in [2.75, 3.05) is 18.5 Å². The molecule has 2 N–H and O–H groups in total. The molecule has 1 saturated carbocycles. The van der Waals surface area contributed by atoms with E-state index in [4.69, 9.17) is 4.52 Å². The number of aliphatic hydroxyl groups is 1. The van der Waals surface area contributed by atoms with E-state index in [1.807, 2.05) is 0 Å². The third-order valence-corrected chi connectivity index (χ3v) is 3.39. The van der Waals surface area contributed by atoms with Crippen LogP contribution in [0, 0.1) is 12.3 Å². The minimum Gasteiger partial charge on any atom is -0.396 e. The highest BCUT2D eigenvalue weighted by molar-refractivity contribution is 5.18. The van der Waals surface area contributed by atoms with Crippen molar-refractivity contribution in [1.29, 1.82) is 0 Å². The number of aromatic nitrogens is 2. The lowest BCUT2D eigenvalue weighted by Gasteiger charge is -2.35. The molecule has 16 heavy (non-hydrogen) atoms. The summed E-state index contributed by atoms with van der Waals surface area (Å²) < 4.78 is 4.99. The molecular weight excluding hydrogens is 206 g/mol. The van der Waals surface area contributed by atoms with Gasteiger partial charge in [-0.3, -0.25) is 0 Å². The quantitative estimate of drug-likeness (QED) is 0.816. The summed E-state index contributed by atoms with van der Waals surface area (Å²) in [5.41, 5.74) is 0.000620. The first-order chi connectivity index (χ1) is 7.74. The van der Waals surface area contributed by atoms with Gasteiger partial charge in [0.15, 0.2) is 5.82 Å². The maximum atomic E-state index is 9.52. The molecule has 0 unspecified atom stereocenters. The molecule has 1 heterocycles. The summed E-state index contributed by atoms with van der Waals surface area (Å²) in [5.74, 6) is 0.629. The summed E-state index contributed by atoms with van der Waals surface area (Å²) in [4.78, 5) is 4.09. The van der Waals surface area contributed by atoms with E-state index >= 15 is 0 Å². The van der Waals surface area contributed by atoms with E-state index in [0.717, 1.165) is 12.8 Å². The number of nitrogens with zero attached hydrogens (tertiary/aromatic N) is 2. The predicted octanol–water partition coefficient (Wildman–Crippen LogP) is 1.73. The van der Waals surface area contributed by atoms with Gasteiger partial charge in [-0.15, -0.1) is 0 Å². The number of aliphatic hydroxyl groups excluding tert-OH is 1. The lowest BCUT2D eigenvalue weighted by atomic mass is 9.74. The predicted molar refractivity (Wildman–Crippen MR) is 60.1 cm³/mol. The van der Waals surface area contributed by atoms with E-state index < -0.39 is 0 Å². The highest BCUT2D eigenvalue weighted by Crippen LogP contribution is 2.35. The fraction of sp³-hybridized carbons (Fsp3) is 0.818. The topological polar surface area (TPSA) is 71.2 Å². The Morgan fingerprint density at radius 3 is 2.69 bits per heavy atom. The molecule has 5 nitrogen and oxygen atoms in total. The average molecular weight is 225 g/mol.